The lowest BCUT2D eigenvalue weighted by molar-refractivity contribution is -0.143. The molecule has 432 valence electrons. The minimum Gasteiger partial charge on any atom is -0.466 e. The first-order chi connectivity index (χ1) is 36.0. The fourth-order valence-corrected chi connectivity index (χ4v) is 10.4. The third-order valence-electron chi connectivity index (χ3n) is 15.5. The molecule has 0 heterocycles. The number of rotatable bonds is 62. The number of carbonyl (C=O) groups excluding carboxylic acids is 2. The number of nitrogens with one attached hydrogen (secondary N) is 1. The Morgan fingerprint density at radius 3 is 1.10 bits per heavy atom. The summed E-state index contributed by atoms with van der Waals surface area (Å²) in [5.41, 5.74) is 0. The third kappa shape index (κ3) is 59.4. The van der Waals surface area contributed by atoms with Crippen LogP contribution < -0.4 is 5.32 Å². The van der Waals surface area contributed by atoms with Crippen molar-refractivity contribution < 1.29 is 24.5 Å². The molecule has 0 aromatic carbocycles. The van der Waals surface area contributed by atoms with Crippen LogP contribution in [0.2, 0.25) is 0 Å². The van der Waals surface area contributed by atoms with Crippen LogP contribution in [0.25, 0.3) is 0 Å². The van der Waals surface area contributed by atoms with E-state index in [1.54, 1.807) is 0 Å². The Morgan fingerprint density at radius 1 is 0.384 bits per heavy atom. The maximum atomic E-state index is 12.4. The molecule has 0 rings (SSSR count). The largest absolute Gasteiger partial charge is 0.466 e. The molecule has 0 fully saturated rings. The van der Waals surface area contributed by atoms with Gasteiger partial charge in [-0.1, -0.05) is 327 Å². The van der Waals surface area contributed by atoms with Crippen molar-refractivity contribution in [2.75, 3.05) is 13.2 Å². The molecule has 3 N–H and O–H groups in total. The number of unbranched alkanes of at least 4 members (excludes halogenated alkanes) is 47. The topological polar surface area (TPSA) is 95.9 Å². The van der Waals surface area contributed by atoms with E-state index >= 15 is 0 Å². The number of allylic oxidation sites excluding steroid dienone is 4. The first kappa shape index (κ1) is 71.3. The van der Waals surface area contributed by atoms with Crippen LogP contribution in [0.4, 0.5) is 0 Å². The Kier molecular flexibility index (Phi) is 61.4. The molecule has 0 saturated heterocycles. The number of hydrogen-bond donors (Lipinski definition) is 3. The molecular formula is C67H129NO5. The highest BCUT2D eigenvalue weighted by atomic mass is 16.5. The molecule has 0 saturated carbocycles. The van der Waals surface area contributed by atoms with Gasteiger partial charge >= 0.3 is 5.97 Å². The van der Waals surface area contributed by atoms with Gasteiger partial charge < -0.3 is 20.3 Å². The van der Waals surface area contributed by atoms with Gasteiger partial charge in [-0.3, -0.25) is 9.59 Å². The Balaban J connectivity index is 3.29. The van der Waals surface area contributed by atoms with Gasteiger partial charge in [0.2, 0.25) is 5.91 Å². The second-order valence-corrected chi connectivity index (χ2v) is 22.8. The number of amides is 1. The van der Waals surface area contributed by atoms with Gasteiger partial charge in [-0.25, -0.2) is 0 Å². The van der Waals surface area contributed by atoms with Crippen LogP contribution in [0.3, 0.4) is 0 Å². The molecule has 0 aliphatic heterocycles. The van der Waals surface area contributed by atoms with Crippen molar-refractivity contribution in [3.63, 3.8) is 0 Å². The van der Waals surface area contributed by atoms with Gasteiger partial charge in [0, 0.05) is 12.8 Å². The average molecular weight is 1030 g/mol. The van der Waals surface area contributed by atoms with Crippen LogP contribution >= 0.6 is 0 Å². The lowest BCUT2D eigenvalue weighted by atomic mass is 10.0. The summed E-state index contributed by atoms with van der Waals surface area (Å²) in [6.07, 6.45) is 78.0. The highest BCUT2D eigenvalue weighted by Crippen LogP contribution is 2.19. The van der Waals surface area contributed by atoms with Crippen LogP contribution in [-0.2, 0) is 14.3 Å². The van der Waals surface area contributed by atoms with E-state index in [0.717, 1.165) is 51.4 Å². The SMILES string of the molecule is CCC/C=C\C/C=C\CCCCCCCC(=O)OCCCCCCCCCCCCCCCCCCCCCCCCCCCCCCCCCCCC(=O)NC(CO)C(O)CCCCCCCCCCCC. The summed E-state index contributed by atoms with van der Waals surface area (Å²) in [5, 5.41) is 23.2. The van der Waals surface area contributed by atoms with Gasteiger partial charge in [-0.05, 0) is 51.4 Å². The Morgan fingerprint density at radius 2 is 0.712 bits per heavy atom. The molecule has 0 aliphatic rings. The fraction of sp³-hybridized carbons (Fsp3) is 0.910. The van der Waals surface area contributed by atoms with E-state index < -0.39 is 12.1 Å². The minimum absolute atomic E-state index is 0.00647. The quantitative estimate of drug-likeness (QED) is 0.0320. The summed E-state index contributed by atoms with van der Waals surface area (Å²) < 4.78 is 5.48. The van der Waals surface area contributed by atoms with E-state index in [-0.39, 0.29) is 18.5 Å². The van der Waals surface area contributed by atoms with Gasteiger partial charge in [0.15, 0.2) is 0 Å². The number of carbonyl (C=O) groups is 2. The van der Waals surface area contributed by atoms with E-state index in [4.69, 9.17) is 4.74 Å². The van der Waals surface area contributed by atoms with Crippen molar-refractivity contribution in [2.45, 2.75) is 379 Å². The van der Waals surface area contributed by atoms with Gasteiger partial charge in [0.1, 0.15) is 0 Å². The number of hydrogen-bond acceptors (Lipinski definition) is 5. The Bertz CT molecular complexity index is 1140. The second-order valence-electron chi connectivity index (χ2n) is 22.8. The summed E-state index contributed by atoms with van der Waals surface area (Å²) in [6, 6.07) is -0.535. The van der Waals surface area contributed by atoms with Gasteiger partial charge in [-0.15, -0.1) is 0 Å². The van der Waals surface area contributed by atoms with E-state index in [1.165, 1.54) is 283 Å². The van der Waals surface area contributed by atoms with Gasteiger partial charge in [0.05, 0.1) is 25.4 Å². The smallest absolute Gasteiger partial charge is 0.305 e. The summed E-state index contributed by atoms with van der Waals surface area (Å²) in [4.78, 5) is 24.5. The molecule has 0 aromatic rings. The predicted octanol–water partition coefficient (Wildman–Crippen LogP) is 21.0. The van der Waals surface area contributed by atoms with Crippen molar-refractivity contribution in [3.05, 3.63) is 24.3 Å². The van der Waals surface area contributed by atoms with Crippen molar-refractivity contribution in [2.24, 2.45) is 0 Å². The molecule has 0 bridgehead atoms. The monoisotopic (exact) mass is 1030 g/mol. The lowest BCUT2D eigenvalue weighted by Crippen LogP contribution is -2.45. The third-order valence-corrected chi connectivity index (χ3v) is 15.5. The highest BCUT2D eigenvalue weighted by Gasteiger charge is 2.20. The van der Waals surface area contributed by atoms with E-state index in [1.807, 2.05) is 0 Å². The molecule has 6 nitrogen and oxygen atoms in total. The minimum atomic E-state index is -0.658. The molecule has 0 radical (unpaired) electrons. The van der Waals surface area contributed by atoms with Crippen LogP contribution in [0.5, 0.6) is 0 Å². The highest BCUT2D eigenvalue weighted by molar-refractivity contribution is 5.76. The normalized spacial score (nSPS) is 12.7. The molecule has 0 aliphatic carbocycles. The Hall–Kier alpha value is -1.66. The Labute approximate surface area is 456 Å². The molecule has 2 unspecified atom stereocenters. The van der Waals surface area contributed by atoms with Gasteiger partial charge in [-0.2, -0.15) is 0 Å². The average Bonchev–Trinajstić information content (AvgIpc) is 3.39. The molecule has 2 atom stereocenters. The van der Waals surface area contributed by atoms with E-state index in [2.05, 4.69) is 43.5 Å². The zero-order valence-electron chi connectivity index (χ0n) is 49.4. The zero-order valence-corrected chi connectivity index (χ0v) is 49.4. The number of aliphatic hydroxyl groups excluding tert-OH is 2. The zero-order chi connectivity index (χ0) is 52.9. The maximum absolute atomic E-state index is 12.4. The first-order valence-corrected chi connectivity index (χ1v) is 33.1. The maximum Gasteiger partial charge on any atom is 0.305 e. The van der Waals surface area contributed by atoms with Crippen molar-refractivity contribution in [1.82, 2.24) is 5.32 Å². The molecule has 73 heavy (non-hydrogen) atoms. The molecule has 0 aromatic heterocycles. The summed E-state index contributed by atoms with van der Waals surface area (Å²) in [5.74, 6) is -0.0238. The molecule has 0 spiro atoms. The lowest BCUT2D eigenvalue weighted by Gasteiger charge is -2.22. The summed E-state index contributed by atoms with van der Waals surface area (Å²) in [7, 11) is 0. The second kappa shape index (κ2) is 62.9. The molecular weight excluding hydrogens is 899 g/mol. The summed E-state index contributed by atoms with van der Waals surface area (Å²) >= 11 is 0. The van der Waals surface area contributed by atoms with E-state index in [9.17, 15) is 19.8 Å². The standard InChI is InChI=1S/C67H129NO5/c1-3-5-7-9-11-13-15-37-41-45-49-53-57-61-67(72)73-62-58-54-50-46-42-39-36-34-32-30-28-26-24-22-20-18-16-17-19-21-23-25-27-29-31-33-35-38-40-44-48-52-56-60-66(71)68-64(63-69)65(70)59-55-51-47-43-14-12-10-8-6-4-2/h7,9,13,15,64-65,69-70H,3-6,8,10-12,14,16-63H2,1-2H3,(H,68,71)/b9-7-,15-13-. The van der Waals surface area contributed by atoms with Crippen molar-refractivity contribution in [3.8, 4) is 0 Å². The van der Waals surface area contributed by atoms with Crippen molar-refractivity contribution in [1.29, 1.82) is 0 Å². The first-order valence-electron chi connectivity index (χ1n) is 33.1. The molecule has 6 heteroatoms. The van der Waals surface area contributed by atoms with Crippen molar-refractivity contribution >= 4 is 11.9 Å². The van der Waals surface area contributed by atoms with Crippen LogP contribution in [-0.4, -0.2) is 47.4 Å². The predicted molar refractivity (Wildman–Crippen MR) is 320 cm³/mol. The number of esters is 1. The fourth-order valence-electron chi connectivity index (χ4n) is 10.4. The van der Waals surface area contributed by atoms with Crippen LogP contribution in [0, 0.1) is 0 Å². The van der Waals surface area contributed by atoms with Crippen LogP contribution in [0.1, 0.15) is 367 Å². The van der Waals surface area contributed by atoms with Gasteiger partial charge in [0.25, 0.3) is 0 Å². The number of aliphatic hydroxyl groups is 2. The van der Waals surface area contributed by atoms with E-state index in [0.29, 0.717) is 25.9 Å². The van der Waals surface area contributed by atoms with Crippen LogP contribution in [0.15, 0.2) is 24.3 Å². The molecule has 1 amide bonds. The summed E-state index contributed by atoms with van der Waals surface area (Å²) in [6.45, 7) is 4.89. The number of ether oxygens (including phenoxy) is 1.